The second-order valence-electron chi connectivity index (χ2n) is 6.22. The summed E-state index contributed by atoms with van der Waals surface area (Å²) in [5.41, 5.74) is 0.570. The number of carbonyl (C=O) groups excluding carboxylic acids is 1. The number of amides is 1. The lowest BCUT2D eigenvalue weighted by atomic mass is 10.0. The molecule has 1 aliphatic heterocycles. The van der Waals surface area contributed by atoms with Crippen LogP contribution < -0.4 is 10.2 Å². The minimum absolute atomic E-state index is 0.177. The largest absolute Gasteiger partial charge is 0.357 e. The highest BCUT2D eigenvalue weighted by Gasteiger charge is 2.21. The van der Waals surface area contributed by atoms with Crippen molar-refractivity contribution in [1.82, 2.24) is 14.9 Å². The molecule has 1 amide bonds. The number of hydrogen-bond acceptors (Lipinski definition) is 5. The van der Waals surface area contributed by atoms with Gasteiger partial charge in [0.25, 0.3) is 5.91 Å². The quantitative estimate of drug-likeness (QED) is 0.934. The van der Waals surface area contributed by atoms with Crippen molar-refractivity contribution in [3.05, 3.63) is 48.3 Å². The van der Waals surface area contributed by atoms with E-state index in [1.807, 2.05) is 18.2 Å². The van der Waals surface area contributed by atoms with E-state index in [0.717, 1.165) is 31.7 Å². The van der Waals surface area contributed by atoms with Gasteiger partial charge in [0.15, 0.2) is 0 Å². The van der Waals surface area contributed by atoms with Crippen LogP contribution in [0.2, 0.25) is 0 Å². The molecule has 6 nitrogen and oxygen atoms in total. The Bertz CT molecular complexity index is 683. The van der Waals surface area contributed by atoms with Gasteiger partial charge in [-0.25, -0.2) is 4.98 Å². The average molecular weight is 325 g/mol. The van der Waals surface area contributed by atoms with Crippen LogP contribution in [0.1, 0.15) is 23.2 Å². The normalized spacial score (nSPS) is 15.9. The van der Waals surface area contributed by atoms with Gasteiger partial charge in [0.2, 0.25) is 0 Å². The molecule has 0 aliphatic carbocycles. The van der Waals surface area contributed by atoms with E-state index >= 15 is 0 Å². The van der Waals surface area contributed by atoms with E-state index in [0.29, 0.717) is 17.4 Å². The molecule has 3 rings (SSSR count). The van der Waals surface area contributed by atoms with Crippen molar-refractivity contribution in [2.24, 2.45) is 0 Å². The summed E-state index contributed by atoms with van der Waals surface area (Å²) >= 11 is 0. The Morgan fingerprint density at radius 2 is 1.92 bits per heavy atom. The molecule has 1 N–H and O–H groups in total. The van der Waals surface area contributed by atoms with Crippen molar-refractivity contribution in [3.63, 3.8) is 0 Å². The molecular formula is C18H23N5O. The number of nitrogens with one attached hydrogen (secondary N) is 1. The van der Waals surface area contributed by atoms with Crippen molar-refractivity contribution in [1.29, 1.82) is 0 Å². The van der Waals surface area contributed by atoms with Crippen LogP contribution in [-0.4, -0.2) is 54.0 Å². The number of anilines is 2. The number of carbonyl (C=O) groups is 1. The fourth-order valence-electron chi connectivity index (χ4n) is 2.95. The molecule has 3 heterocycles. The van der Waals surface area contributed by atoms with Crippen molar-refractivity contribution in [2.45, 2.75) is 18.9 Å². The Kier molecular flexibility index (Phi) is 5.05. The van der Waals surface area contributed by atoms with Crippen LogP contribution in [-0.2, 0) is 0 Å². The number of hydrogen-bond donors (Lipinski definition) is 1. The zero-order valence-electron chi connectivity index (χ0n) is 14.1. The van der Waals surface area contributed by atoms with Crippen molar-refractivity contribution < 1.29 is 4.79 Å². The number of nitrogens with zero attached hydrogens (tertiary/aromatic N) is 4. The lowest BCUT2D eigenvalue weighted by molar-refractivity contribution is 0.102. The maximum Gasteiger partial charge on any atom is 0.256 e. The van der Waals surface area contributed by atoms with Gasteiger partial charge in [-0.15, -0.1) is 0 Å². The molecule has 1 saturated heterocycles. The Morgan fingerprint density at radius 1 is 1.21 bits per heavy atom. The molecule has 2 aromatic rings. The zero-order valence-corrected chi connectivity index (χ0v) is 14.1. The summed E-state index contributed by atoms with van der Waals surface area (Å²) in [4.78, 5) is 25.3. The zero-order chi connectivity index (χ0) is 16.9. The van der Waals surface area contributed by atoms with Crippen LogP contribution in [0.3, 0.4) is 0 Å². The van der Waals surface area contributed by atoms with Gasteiger partial charge in [0.05, 0.1) is 0 Å². The third kappa shape index (κ3) is 3.89. The first kappa shape index (κ1) is 16.4. The third-order valence-corrected chi connectivity index (χ3v) is 4.52. The number of pyridine rings is 2. The van der Waals surface area contributed by atoms with Gasteiger partial charge in [-0.1, -0.05) is 6.07 Å². The summed E-state index contributed by atoms with van der Waals surface area (Å²) in [6.07, 6.45) is 5.46. The molecular weight excluding hydrogens is 302 g/mol. The summed E-state index contributed by atoms with van der Waals surface area (Å²) in [5.74, 6) is 1.27. The van der Waals surface area contributed by atoms with Crippen LogP contribution in [0, 0.1) is 0 Å². The van der Waals surface area contributed by atoms with Gasteiger partial charge < -0.3 is 15.1 Å². The fourth-order valence-corrected chi connectivity index (χ4v) is 2.95. The van der Waals surface area contributed by atoms with E-state index in [-0.39, 0.29) is 5.91 Å². The second-order valence-corrected chi connectivity index (χ2v) is 6.22. The van der Waals surface area contributed by atoms with Crippen molar-refractivity contribution in [2.75, 3.05) is 37.4 Å². The van der Waals surface area contributed by atoms with E-state index < -0.39 is 0 Å². The number of rotatable bonds is 4. The van der Waals surface area contributed by atoms with E-state index in [9.17, 15) is 4.79 Å². The van der Waals surface area contributed by atoms with Crippen LogP contribution in [0.15, 0.2) is 42.7 Å². The molecule has 2 aromatic heterocycles. The standard InChI is InChI=1S/C18H23N5O/c1-22-12-8-15(9-13-22)23(2)17-5-3-4-16(20-17)21-18(24)14-6-10-19-11-7-14/h3-7,10-11,15H,8-9,12-13H2,1-2H3,(H,20,21,24). The maximum absolute atomic E-state index is 12.2. The van der Waals surface area contributed by atoms with Gasteiger partial charge in [-0.05, 0) is 57.2 Å². The lowest BCUT2D eigenvalue weighted by Gasteiger charge is -2.35. The Labute approximate surface area is 142 Å². The van der Waals surface area contributed by atoms with E-state index in [1.165, 1.54) is 0 Å². The summed E-state index contributed by atoms with van der Waals surface area (Å²) < 4.78 is 0. The van der Waals surface area contributed by atoms with E-state index in [4.69, 9.17) is 0 Å². The predicted molar refractivity (Wildman–Crippen MR) is 95.3 cm³/mol. The first-order chi connectivity index (χ1) is 11.6. The number of likely N-dealkylation sites (tertiary alicyclic amines) is 1. The monoisotopic (exact) mass is 325 g/mol. The van der Waals surface area contributed by atoms with Gasteiger partial charge in [-0.2, -0.15) is 0 Å². The molecule has 1 aliphatic rings. The van der Waals surface area contributed by atoms with Crippen molar-refractivity contribution in [3.8, 4) is 0 Å². The second kappa shape index (κ2) is 7.40. The molecule has 0 bridgehead atoms. The number of piperidine rings is 1. The van der Waals surface area contributed by atoms with Gasteiger partial charge in [-0.3, -0.25) is 9.78 Å². The summed E-state index contributed by atoms with van der Waals surface area (Å²) in [7, 11) is 4.23. The average Bonchev–Trinajstić information content (AvgIpc) is 2.63. The molecule has 0 unspecified atom stereocenters. The molecule has 0 aromatic carbocycles. The summed E-state index contributed by atoms with van der Waals surface area (Å²) in [5, 5.41) is 2.85. The molecule has 0 radical (unpaired) electrons. The Balaban J connectivity index is 1.68. The molecule has 24 heavy (non-hydrogen) atoms. The van der Waals surface area contributed by atoms with Crippen LogP contribution in [0.4, 0.5) is 11.6 Å². The predicted octanol–water partition coefficient (Wildman–Crippen LogP) is 2.26. The van der Waals surface area contributed by atoms with Crippen LogP contribution in [0.5, 0.6) is 0 Å². The third-order valence-electron chi connectivity index (χ3n) is 4.52. The molecule has 126 valence electrons. The molecule has 6 heteroatoms. The van der Waals surface area contributed by atoms with Gasteiger partial charge in [0, 0.05) is 31.0 Å². The van der Waals surface area contributed by atoms with Crippen molar-refractivity contribution >= 4 is 17.5 Å². The van der Waals surface area contributed by atoms with Gasteiger partial charge >= 0.3 is 0 Å². The Hall–Kier alpha value is -2.47. The molecule has 1 fully saturated rings. The van der Waals surface area contributed by atoms with Crippen LogP contribution >= 0.6 is 0 Å². The topological polar surface area (TPSA) is 61.4 Å². The SMILES string of the molecule is CN1CCC(N(C)c2cccc(NC(=O)c3ccncc3)n2)CC1. The molecule has 0 atom stereocenters. The highest BCUT2D eigenvalue weighted by molar-refractivity contribution is 6.03. The molecule has 0 saturated carbocycles. The highest BCUT2D eigenvalue weighted by atomic mass is 16.1. The summed E-state index contributed by atoms with van der Waals surface area (Å²) in [6.45, 7) is 2.21. The smallest absolute Gasteiger partial charge is 0.256 e. The van der Waals surface area contributed by atoms with E-state index in [1.54, 1.807) is 24.5 Å². The lowest BCUT2D eigenvalue weighted by Crippen LogP contribution is -2.42. The van der Waals surface area contributed by atoms with E-state index in [2.05, 4.69) is 39.2 Å². The Morgan fingerprint density at radius 3 is 2.62 bits per heavy atom. The minimum atomic E-state index is -0.177. The minimum Gasteiger partial charge on any atom is -0.357 e. The van der Waals surface area contributed by atoms with Gasteiger partial charge in [0.1, 0.15) is 11.6 Å². The first-order valence-electron chi connectivity index (χ1n) is 8.23. The molecule has 0 spiro atoms. The first-order valence-corrected chi connectivity index (χ1v) is 8.23. The summed E-state index contributed by atoms with van der Waals surface area (Å²) in [6, 6.07) is 9.58. The van der Waals surface area contributed by atoms with Crippen LogP contribution in [0.25, 0.3) is 0 Å². The maximum atomic E-state index is 12.2. The highest BCUT2D eigenvalue weighted by Crippen LogP contribution is 2.21. The fraction of sp³-hybridized carbons (Fsp3) is 0.389. The number of aromatic nitrogens is 2.